The summed E-state index contributed by atoms with van der Waals surface area (Å²) in [5.74, 6) is 3.12. The van der Waals surface area contributed by atoms with Crippen molar-refractivity contribution in [2.45, 2.75) is 44.4 Å². The molecule has 8 aromatic rings. The molecule has 4 aromatic carbocycles. The Morgan fingerprint density at radius 1 is 0.774 bits per heavy atom. The first-order valence-corrected chi connectivity index (χ1v) is 18.5. The van der Waals surface area contributed by atoms with Crippen LogP contribution in [0.2, 0.25) is 0 Å². The van der Waals surface area contributed by atoms with E-state index >= 15 is 0 Å². The molecule has 0 saturated carbocycles. The van der Waals surface area contributed by atoms with Crippen molar-refractivity contribution in [3.8, 4) is 28.2 Å². The van der Waals surface area contributed by atoms with Crippen molar-refractivity contribution in [2.24, 2.45) is 0 Å². The molecule has 0 N–H and O–H groups in total. The standard InChI is InChI=1S/C47H35N5O/c1-47(2)38-16-8-6-13-32(38)37-25-29(19-23-39(37)47)44-49-43(28-11-4-3-5-12-28)50-45(51-44)30-18-21-34-35-22-20-31(27-42(35)53-41(34)26-30)52-40-17-9-7-14-33(40)36-15-10-24-48-46(36)52/h3-4,6-11,13-25,27,30H,5,12,26H2,1-2H3. The number of aromatic nitrogens is 5. The van der Waals surface area contributed by atoms with Gasteiger partial charge < -0.3 is 4.42 Å². The summed E-state index contributed by atoms with van der Waals surface area (Å²) in [6, 6.07) is 34.6. The van der Waals surface area contributed by atoms with Gasteiger partial charge in [-0.05, 0) is 77.1 Å². The third-order valence-corrected chi connectivity index (χ3v) is 11.5. The highest BCUT2D eigenvalue weighted by Crippen LogP contribution is 2.49. The molecule has 6 nitrogen and oxygen atoms in total. The minimum atomic E-state index is -0.0581. The van der Waals surface area contributed by atoms with Gasteiger partial charge in [-0.3, -0.25) is 4.57 Å². The monoisotopic (exact) mass is 685 g/mol. The van der Waals surface area contributed by atoms with Crippen molar-refractivity contribution >= 4 is 44.6 Å². The predicted octanol–water partition coefficient (Wildman–Crippen LogP) is 11.2. The van der Waals surface area contributed by atoms with Gasteiger partial charge in [-0.2, -0.15) is 0 Å². The zero-order valence-corrected chi connectivity index (χ0v) is 29.5. The van der Waals surface area contributed by atoms with Gasteiger partial charge >= 0.3 is 0 Å². The highest BCUT2D eigenvalue weighted by Gasteiger charge is 2.35. The molecule has 0 spiro atoms. The van der Waals surface area contributed by atoms with Gasteiger partial charge in [0.15, 0.2) is 11.6 Å². The summed E-state index contributed by atoms with van der Waals surface area (Å²) in [6.45, 7) is 4.62. The molecular formula is C47H35N5O. The number of nitrogens with zero attached hydrogens (tertiary/aromatic N) is 5. The van der Waals surface area contributed by atoms with E-state index in [0.717, 1.165) is 80.2 Å². The Balaban J connectivity index is 0.992. The quantitative estimate of drug-likeness (QED) is 0.184. The molecule has 3 aliphatic rings. The van der Waals surface area contributed by atoms with Crippen LogP contribution >= 0.6 is 0 Å². The molecule has 3 aliphatic carbocycles. The zero-order chi connectivity index (χ0) is 35.3. The number of benzene rings is 4. The van der Waals surface area contributed by atoms with Gasteiger partial charge in [0, 0.05) is 57.3 Å². The number of hydrogen-bond donors (Lipinski definition) is 0. The van der Waals surface area contributed by atoms with Crippen LogP contribution in [0.5, 0.6) is 0 Å². The number of pyridine rings is 1. The fourth-order valence-electron chi connectivity index (χ4n) is 8.82. The Hall–Kier alpha value is -6.40. The van der Waals surface area contributed by atoms with Gasteiger partial charge in [0.05, 0.1) is 11.2 Å². The van der Waals surface area contributed by atoms with Crippen molar-refractivity contribution in [3.05, 3.63) is 162 Å². The highest BCUT2D eigenvalue weighted by molar-refractivity contribution is 6.08. The lowest BCUT2D eigenvalue weighted by atomic mass is 9.82. The Labute approximate surface area is 306 Å². The molecule has 1 atom stereocenters. The molecule has 0 radical (unpaired) electrons. The lowest BCUT2D eigenvalue weighted by Crippen LogP contribution is -2.15. The van der Waals surface area contributed by atoms with Crippen LogP contribution in [0.15, 0.2) is 132 Å². The van der Waals surface area contributed by atoms with E-state index < -0.39 is 0 Å². The second-order valence-electron chi connectivity index (χ2n) is 14.9. The third kappa shape index (κ3) is 4.58. The van der Waals surface area contributed by atoms with Crippen molar-refractivity contribution in [1.29, 1.82) is 0 Å². The maximum atomic E-state index is 6.69. The second kappa shape index (κ2) is 11.3. The second-order valence-corrected chi connectivity index (χ2v) is 14.9. The van der Waals surface area contributed by atoms with Crippen LogP contribution in [0.4, 0.5) is 0 Å². The van der Waals surface area contributed by atoms with Gasteiger partial charge in [-0.25, -0.2) is 19.9 Å². The molecule has 0 bridgehead atoms. The molecule has 4 heterocycles. The first kappa shape index (κ1) is 30.2. The maximum absolute atomic E-state index is 6.69. The van der Waals surface area contributed by atoms with Gasteiger partial charge in [0.1, 0.15) is 22.8 Å². The van der Waals surface area contributed by atoms with Crippen LogP contribution in [0.3, 0.4) is 0 Å². The Morgan fingerprint density at radius 3 is 2.55 bits per heavy atom. The van der Waals surface area contributed by atoms with Gasteiger partial charge in [-0.1, -0.05) is 98.8 Å². The van der Waals surface area contributed by atoms with Crippen molar-refractivity contribution in [3.63, 3.8) is 0 Å². The van der Waals surface area contributed by atoms with E-state index in [0.29, 0.717) is 12.2 Å². The smallest absolute Gasteiger partial charge is 0.163 e. The maximum Gasteiger partial charge on any atom is 0.163 e. The SMILES string of the molecule is CC1(C)c2ccccc2-c2cc(-c3nc(C4=CC=CCC4)nc(C4C=Cc5c(oc6cc(-n7c8ccccc8c8cccnc87)ccc56)C4)n3)ccc21. The van der Waals surface area contributed by atoms with Crippen LogP contribution in [0.25, 0.3) is 72.8 Å². The number of furan rings is 1. The number of fused-ring (bicyclic) bond motifs is 9. The van der Waals surface area contributed by atoms with E-state index in [9.17, 15) is 0 Å². The van der Waals surface area contributed by atoms with E-state index in [1.807, 2.05) is 12.3 Å². The minimum absolute atomic E-state index is 0.0570. The normalized spacial score (nSPS) is 16.9. The minimum Gasteiger partial charge on any atom is -0.460 e. The molecule has 254 valence electrons. The summed E-state index contributed by atoms with van der Waals surface area (Å²) >= 11 is 0. The molecular weight excluding hydrogens is 651 g/mol. The molecule has 6 heteroatoms. The van der Waals surface area contributed by atoms with Crippen molar-refractivity contribution in [1.82, 2.24) is 24.5 Å². The Kier molecular flexibility index (Phi) is 6.45. The van der Waals surface area contributed by atoms with Crippen LogP contribution < -0.4 is 0 Å². The summed E-state index contributed by atoms with van der Waals surface area (Å²) < 4.78 is 8.92. The third-order valence-electron chi connectivity index (χ3n) is 11.5. The van der Waals surface area contributed by atoms with Gasteiger partial charge in [-0.15, -0.1) is 0 Å². The van der Waals surface area contributed by atoms with Crippen molar-refractivity contribution < 1.29 is 4.42 Å². The first-order valence-electron chi connectivity index (χ1n) is 18.5. The lowest BCUT2D eigenvalue weighted by Gasteiger charge is -2.21. The lowest BCUT2D eigenvalue weighted by molar-refractivity contribution is 0.526. The van der Waals surface area contributed by atoms with Crippen molar-refractivity contribution in [2.75, 3.05) is 0 Å². The van der Waals surface area contributed by atoms with E-state index in [-0.39, 0.29) is 11.3 Å². The van der Waals surface area contributed by atoms with Crippen LogP contribution in [-0.4, -0.2) is 24.5 Å². The molecule has 0 fully saturated rings. The molecule has 1 unspecified atom stereocenters. The van der Waals surface area contributed by atoms with Gasteiger partial charge in [0.25, 0.3) is 0 Å². The highest BCUT2D eigenvalue weighted by atomic mass is 16.3. The molecule has 11 rings (SSSR count). The van der Waals surface area contributed by atoms with Crippen LogP contribution in [-0.2, 0) is 11.8 Å². The van der Waals surface area contributed by atoms with E-state index in [2.05, 4.69) is 140 Å². The fourth-order valence-corrected chi connectivity index (χ4v) is 8.82. The zero-order valence-electron chi connectivity index (χ0n) is 29.5. The summed E-state index contributed by atoms with van der Waals surface area (Å²) in [4.78, 5) is 20.2. The van der Waals surface area contributed by atoms with Gasteiger partial charge in [0.2, 0.25) is 0 Å². The average Bonchev–Trinajstić information content (AvgIpc) is 3.82. The van der Waals surface area contributed by atoms with E-state index in [1.165, 1.54) is 27.6 Å². The Bertz CT molecular complexity index is 2870. The number of hydrogen-bond acceptors (Lipinski definition) is 5. The number of para-hydroxylation sites is 1. The molecule has 4 aromatic heterocycles. The summed E-state index contributed by atoms with van der Waals surface area (Å²) in [5, 5.41) is 3.42. The first-order chi connectivity index (χ1) is 26.0. The van der Waals surface area contributed by atoms with Crippen LogP contribution in [0.1, 0.15) is 66.7 Å². The summed E-state index contributed by atoms with van der Waals surface area (Å²) in [7, 11) is 0. The largest absolute Gasteiger partial charge is 0.460 e. The fraction of sp³-hybridized carbons (Fsp3) is 0.149. The molecule has 53 heavy (non-hydrogen) atoms. The van der Waals surface area contributed by atoms with E-state index in [4.69, 9.17) is 24.4 Å². The topological polar surface area (TPSA) is 69.6 Å². The predicted molar refractivity (Wildman–Crippen MR) is 213 cm³/mol. The number of rotatable bonds is 4. The molecule has 0 amide bonds. The number of allylic oxidation sites excluding steroid dienone is 5. The Morgan fingerprint density at radius 2 is 1.62 bits per heavy atom. The molecule has 0 aliphatic heterocycles. The summed E-state index contributed by atoms with van der Waals surface area (Å²) in [6.07, 6.45) is 15.3. The summed E-state index contributed by atoms with van der Waals surface area (Å²) in [5.41, 5.74) is 12.4. The molecule has 0 saturated heterocycles. The van der Waals surface area contributed by atoms with Crippen LogP contribution in [0, 0.1) is 0 Å². The van der Waals surface area contributed by atoms with E-state index in [1.54, 1.807) is 0 Å². The average molecular weight is 686 g/mol.